The molecule has 2 N–H and O–H groups in total. The quantitative estimate of drug-likeness (QED) is 0.239. The summed E-state index contributed by atoms with van der Waals surface area (Å²) in [6.45, 7) is 1.95. The summed E-state index contributed by atoms with van der Waals surface area (Å²) in [5.41, 5.74) is 5.76. The second-order valence-electron chi connectivity index (χ2n) is 8.37. The molecule has 0 aliphatic rings. The van der Waals surface area contributed by atoms with Gasteiger partial charge in [-0.2, -0.15) is 0 Å². The van der Waals surface area contributed by atoms with Gasteiger partial charge in [0, 0.05) is 0 Å². The summed E-state index contributed by atoms with van der Waals surface area (Å²) in [7, 11) is -1.56. The molecule has 0 aliphatic heterocycles. The Hall–Kier alpha value is -3.92. The SMILES string of the molecule is C/C=C\C=C/c1cc(-c2cccc(-c3ccc4ccccc4c3)c2)c2ccccc2c1B(O)O. The molecule has 34 heavy (non-hydrogen) atoms. The molecular weight excluding hydrogens is 415 g/mol. The van der Waals surface area contributed by atoms with Gasteiger partial charge in [0.15, 0.2) is 0 Å². The Morgan fingerprint density at radius 2 is 1.32 bits per heavy atom. The minimum absolute atomic E-state index is 0.519. The van der Waals surface area contributed by atoms with E-state index in [9.17, 15) is 10.0 Å². The van der Waals surface area contributed by atoms with Crippen molar-refractivity contribution in [3.05, 3.63) is 121 Å². The van der Waals surface area contributed by atoms with Crippen LogP contribution in [0.15, 0.2) is 115 Å². The molecule has 0 aromatic heterocycles. The van der Waals surface area contributed by atoms with Crippen LogP contribution in [0.4, 0.5) is 0 Å². The lowest BCUT2D eigenvalue weighted by atomic mass is 9.72. The van der Waals surface area contributed by atoms with Gasteiger partial charge in [-0.3, -0.25) is 0 Å². The molecule has 0 bridgehead atoms. The van der Waals surface area contributed by atoms with Crippen LogP contribution in [-0.4, -0.2) is 17.2 Å². The third-order valence-electron chi connectivity index (χ3n) is 6.21. The standard InChI is InChI=1S/C31H25BO2/c1-2-3-4-12-27-21-30(28-15-7-8-16-29(28)31(27)32(33)34)26-14-9-13-24(20-26)25-18-17-22-10-5-6-11-23(22)19-25/h2-21,33-34H,1H3/b3-2-,12-4-. The van der Waals surface area contributed by atoms with Crippen LogP contribution in [0.5, 0.6) is 0 Å². The number of fused-ring (bicyclic) bond motifs is 2. The van der Waals surface area contributed by atoms with Gasteiger partial charge in [-0.05, 0) is 79.9 Å². The van der Waals surface area contributed by atoms with Crippen LogP contribution in [-0.2, 0) is 0 Å². The van der Waals surface area contributed by atoms with E-state index in [0.717, 1.165) is 33.0 Å². The van der Waals surface area contributed by atoms with E-state index in [-0.39, 0.29) is 0 Å². The highest BCUT2D eigenvalue weighted by Crippen LogP contribution is 2.33. The zero-order valence-corrected chi connectivity index (χ0v) is 19.0. The average molecular weight is 440 g/mol. The lowest BCUT2D eigenvalue weighted by Gasteiger charge is -2.16. The Labute approximate surface area is 200 Å². The summed E-state index contributed by atoms with van der Waals surface area (Å²) < 4.78 is 0. The zero-order chi connectivity index (χ0) is 23.5. The first kappa shape index (κ1) is 21.9. The molecule has 5 aromatic carbocycles. The van der Waals surface area contributed by atoms with Crippen LogP contribution in [0, 0.1) is 0 Å². The normalized spacial score (nSPS) is 11.7. The van der Waals surface area contributed by atoms with Gasteiger partial charge in [0.1, 0.15) is 0 Å². The number of hydrogen-bond donors (Lipinski definition) is 2. The highest BCUT2D eigenvalue weighted by Gasteiger charge is 2.21. The molecule has 2 nitrogen and oxygen atoms in total. The van der Waals surface area contributed by atoms with Crippen molar-refractivity contribution >= 4 is 40.2 Å². The Morgan fingerprint density at radius 3 is 2.12 bits per heavy atom. The van der Waals surface area contributed by atoms with Gasteiger partial charge < -0.3 is 10.0 Å². The highest BCUT2D eigenvalue weighted by molar-refractivity contribution is 6.63. The Morgan fingerprint density at radius 1 is 0.618 bits per heavy atom. The van der Waals surface area contributed by atoms with Gasteiger partial charge in [0.05, 0.1) is 0 Å². The van der Waals surface area contributed by atoms with Crippen molar-refractivity contribution in [2.24, 2.45) is 0 Å². The second-order valence-corrected chi connectivity index (χ2v) is 8.37. The fourth-order valence-corrected chi connectivity index (χ4v) is 4.59. The van der Waals surface area contributed by atoms with Crippen molar-refractivity contribution < 1.29 is 10.0 Å². The van der Waals surface area contributed by atoms with Crippen molar-refractivity contribution in [3.63, 3.8) is 0 Å². The van der Waals surface area contributed by atoms with Crippen LogP contribution >= 0.6 is 0 Å². The van der Waals surface area contributed by atoms with E-state index >= 15 is 0 Å². The maximum absolute atomic E-state index is 10.2. The summed E-state index contributed by atoms with van der Waals surface area (Å²) >= 11 is 0. The van der Waals surface area contributed by atoms with E-state index in [4.69, 9.17) is 0 Å². The largest absolute Gasteiger partial charge is 0.489 e. The van der Waals surface area contributed by atoms with Crippen LogP contribution in [0.25, 0.3) is 49.9 Å². The van der Waals surface area contributed by atoms with Crippen molar-refractivity contribution in [2.45, 2.75) is 6.92 Å². The lowest BCUT2D eigenvalue weighted by Crippen LogP contribution is -2.33. The number of hydrogen-bond acceptors (Lipinski definition) is 2. The Bertz CT molecular complexity index is 1550. The third-order valence-corrected chi connectivity index (χ3v) is 6.21. The Balaban J connectivity index is 1.70. The monoisotopic (exact) mass is 440 g/mol. The first-order valence-electron chi connectivity index (χ1n) is 11.5. The van der Waals surface area contributed by atoms with Crippen molar-refractivity contribution in [1.29, 1.82) is 0 Å². The number of benzene rings is 5. The molecule has 0 saturated heterocycles. The molecule has 0 fully saturated rings. The summed E-state index contributed by atoms with van der Waals surface area (Å²) in [5.74, 6) is 0. The van der Waals surface area contributed by atoms with Crippen molar-refractivity contribution in [2.75, 3.05) is 0 Å². The molecule has 0 saturated carbocycles. The van der Waals surface area contributed by atoms with Gasteiger partial charge in [0.2, 0.25) is 0 Å². The third kappa shape index (κ3) is 4.19. The topological polar surface area (TPSA) is 40.5 Å². The molecule has 5 aromatic rings. The van der Waals surface area contributed by atoms with Gasteiger partial charge >= 0.3 is 7.12 Å². The van der Waals surface area contributed by atoms with E-state index in [1.807, 2.05) is 55.5 Å². The summed E-state index contributed by atoms with van der Waals surface area (Å²) in [5, 5.41) is 24.7. The minimum atomic E-state index is -1.56. The molecule has 0 amide bonds. The number of rotatable bonds is 5. The van der Waals surface area contributed by atoms with E-state index in [1.54, 1.807) is 0 Å². The van der Waals surface area contributed by atoms with Gasteiger partial charge in [0.25, 0.3) is 0 Å². The fraction of sp³-hybridized carbons (Fsp3) is 0.0323. The van der Waals surface area contributed by atoms with E-state index in [2.05, 4.69) is 72.8 Å². The van der Waals surface area contributed by atoms with Crippen LogP contribution in [0.1, 0.15) is 12.5 Å². The minimum Gasteiger partial charge on any atom is -0.423 e. The zero-order valence-electron chi connectivity index (χ0n) is 19.0. The molecular formula is C31H25BO2. The highest BCUT2D eigenvalue weighted by atomic mass is 16.4. The Kier molecular flexibility index (Phi) is 6.13. The van der Waals surface area contributed by atoms with Crippen LogP contribution in [0.3, 0.4) is 0 Å². The van der Waals surface area contributed by atoms with E-state index < -0.39 is 7.12 Å². The maximum Gasteiger partial charge on any atom is 0.489 e. The first-order chi connectivity index (χ1) is 16.7. The first-order valence-corrected chi connectivity index (χ1v) is 11.5. The summed E-state index contributed by atoms with van der Waals surface area (Å²) in [4.78, 5) is 0. The summed E-state index contributed by atoms with van der Waals surface area (Å²) in [6, 6.07) is 33.4. The molecule has 0 aliphatic carbocycles. The smallest absolute Gasteiger partial charge is 0.423 e. The average Bonchev–Trinajstić information content (AvgIpc) is 2.88. The second kappa shape index (κ2) is 9.52. The number of allylic oxidation sites excluding steroid dienone is 3. The molecule has 0 atom stereocenters. The van der Waals surface area contributed by atoms with Crippen molar-refractivity contribution in [3.8, 4) is 22.3 Å². The molecule has 0 heterocycles. The molecule has 5 rings (SSSR count). The molecule has 0 unspecified atom stereocenters. The van der Waals surface area contributed by atoms with Crippen LogP contribution in [0.2, 0.25) is 0 Å². The van der Waals surface area contributed by atoms with E-state index in [1.165, 1.54) is 16.3 Å². The fourth-order valence-electron chi connectivity index (χ4n) is 4.59. The predicted molar refractivity (Wildman–Crippen MR) is 146 cm³/mol. The maximum atomic E-state index is 10.2. The molecule has 0 radical (unpaired) electrons. The van der Waals surface area contributed by atoms with Gasteiger partial charge in [-0.1, -0.05) is 103 Å². The predicted octanol–water partition coefficient (Wildman–Crippen LogP) is 6.60. The molecule has 164 valence electrons. The molecule has 0 spiro atoms. The van der Waals surface area contributed by atoms with Crippen molar-refractivity contribution in [1.82, 2.24) is 0 Å². The lowest BCUT2D eigenvalue weighted by molar-refractivity contribution is 0.426. The summed E-state index contributed by atoms with van der Waals surface area (Å²) in [6.07, 6.45) is 7.73. The van der Waals surface area contributed by atoms with Gasteiger partial charge in [-0.15, -0.1) is 0 Å². The molecule has 3 heteroatoms. The van der Waals surface area contributed by atoms with E-state index in [0.29, 0.717) is 5.46 Å². The van der Waals surface area contributed by atoms with Gasteiger partial charge in [-0.25, -0.2) is 0 Å². The van der Waals surface area contributed by atoms with Crippen LogP contribution < -0.4 is 5.46 Å².